The second-order valence-electron chi connectivity index (χ2n) is 5.89. The maximum Gasteiger partial charge on any atom is 0.252 e. The van der Waals surface area contributed by atoms with Crippen molar-refractivity contribution in [2.75, 3.05) is 6.26 Å². The number of hydrogen-bond acceptors (Lipinski definition) is 4. The number of carbonyl (C=O) groups excluding carboxylic acids is 1. The van der Waals surface area contributed by atoms with Crippen molar-refractivity contribution in [1.29, 1.82) is 0 Å². The first-order chi connectivity index (χ1) is 12.8. The van der Waals surface area contributed by atoms with Crippen LogP contribution in [0.2, 0.25) is 0 Å². The Morgan fingerprint density at radius 2 is 1.96 bits per heavy atom. The topological polar surface area (TPSA) is 68.5 Å². The molecule has 0 aliphatic rings. The van der Waals surface area contributed by atoms with Gasteiger partial charge in [0, 0.05) is 6.26 Å². The summed E-state index contributed by atoms with van der Waals surface area (Å²) in [4.78, 5) is 17.0. The summed E-state index contributed by atoms with van der Waals surface area (Å²) in [5, 5.41) is 0. The molecule has 1 amide bonds. The van der Waals surface area contributed by atoms with E-state index in [1.54, 1.807) is 22.8 Å². The summed E-state index contributed by atoms with van der Waals surface area (Å²) in [6.45, 7) is 0.209. The molecule has 0 atom stereocenters. The Kier molecular flexibility index (Phi) is 5.26. The molecule has 5 nitrogen and oxygen atoms in total. The number of aromatic nitrogens is 1. The molecule has 0 radical (unpaired) electrons. The number of rotatable bonds is 4. The van der Waals surface area contributed by atoms with Crippen LogP contribution in [0.25, 0.3) is 10.2 Å². The minimum Gasteiger partial charge on any atom is -0.305 e. The molecular formula is C19H15FN2O3S2. The third-order valence-corrected chi connectivity index (χ3v) is 5.99. The number of halogens is 1. The molecule has 0 spiro atoms. The number of nitrogens with zero attached hydrogens (tertiary/aromatic N) is 2. The molecule has 1 aromatic heterocycles. The van der Waals surface area contributed by atoms with Crippen LogP contribution in [0, 0.1) is 18.2 Å². The Morgan fingerprint density at radius 3 is 2.59 bits per heavy atom. The van der Waals surface area contributed by atoms with E-state index in [9.17, 15) is 17.6 Å². The molecule has 0 saturated heterocycles. The van der Waals surface area contributed by atoms with Gasteiger partial charge in [-0.25, -0.2) is 12.8 Å². The van der Waals surface area contributed by atoms with Gasteiger partial charge >= 0.3 is 0 Å². The van der Waals surface area contributed by atoms with Crippen molar-refractivity contribution in [3.63, 3.8) is 0 Å². The molecular weight excluding hydrogens is 387 g/mol. The first-order valence-electron chi connectivity index (χ1n) is 7.87. The lowest BCUT2D eigenvalue weighted by molar-refractivity contribution is -0.117. The molecule has 0 unspecified atom stereocenters. The minimum atomic E-state index is -3.29. The second kappa shape index (κ2) is 7.47. The number of amides is 1. The molecule has 3 rings (SSSR count). The number of sulfone groups is 1. The first kappa shape index (κ1) is 19.0. The Hall–Kier alpha value is -2.76. The average Bonchev–Trinajstić information content (AvgIpc) is 2.91. The summed E-state index contributed by atoms with van der Waals surface area (Å²) in [5.74, 6) is 1.73. The van der Waals surface area contributed by atoms with Gasteiger partial charge in [0.05, 0.1) is 28.1 Å². The van der Waals surface area contributed by atoms with Crippen molar-refractivity contribution in [3.05, 3.63) is 58.6 Å². The molecule has 3 aromatic rings. The van der Waals surface area contributed by atoms with Gasteiger partial charge in [-0.3, -0.25) is 4.79 Å². The van der Waals surface area contributed by atoms with Crippen molar-refractivity contribution in [2.24, 2.45) is 4.99 Å². The van der Waals surface area contributed by atoms with E-state index in [1.165, 1.54) is 35.6 Å². The molecule has 2 aromatic carbocycles. The fraction of sp³-hybridized carbons (Fsp3) is 0.158. The van der Waals surface area contributed by atoms with Crippen molar-refractivity contribution in [3.8, 4) is 12.3 Å². The van der Waals surface area contributed by atoms with Crippen molar-refractivity contribution in [1.82, 2.24) is 4.57 Å². The van der Waals surface area contributed by atoms with Crippen LogP contribution in [0.15, 0.2) is 52.4 Å². The fourth-order valence-corrected chi connectivity index (χ4v) is 4.25. The summed E-state index contributed by atoms with van der Waals surface area (Å²) in [6, 6.07) is 10.4. The van der Waals surface area contributed by atoms with E-state index < -0.39 is 15.7 Å². The first-order valence-corrected chi connectivity index (χ1v) is 10.6. The van der Waals surface area contributed by atoms with Crippen molar-refractivity contribution in [2.45, 2.75) is 17.9 Å². The molecule has 0 N–H and O–H groups in total. The Bertz CT molecular complexity index is 1230. The number of benzene rings is 2. The number of terminal acetylenes is 1. The standard InChI is InChI=1S/C19H15FN2O3S2/c1-3-10-22-16-9-6-14(20)12-17(16)26-19(22)21-18(23)11-13-4-7-15(8-5-13)27(2,24)25/h1,4-9,12H,10-11H2,2H3. The maximum atomic E-state index is 13.4. The normalized spacial score (nSPS) is 12.3. The Labute approximate surface area is 159 Å². The zero-order valence-corrected chi connectivity index (χ0v) is 16.0. The van der Waals surface area contributed by atoms with Gasteiger partial charge in [-0.15, -0.1) is 6.42 Å². The van der Waals surface area contributed by atoms with Crippen LogP contribution in [0.4, 0.5) is 4.39 Å². The van der Waals surface area contributed by atoms with Crippen LogP contribution in [0.3, 0.4) is 0 Å². The zero-order valence-electron chi connectivity index (χ0n) is 14.3. The predicted octanol–water partition coefficient (Wildman–Crippen LogP) is 2.55. The number of hydrogen-bond donors (Lipinski definition) is 0. The second-order valence-corrected chi connectivity index (χ2v) is 8.91. The van der Waals surface area contributed by atoms with Gasteiger partial charge in [-0.2, -0.15) is 4.99 Å². The number of carbonyl (C=O) groups is 1. The summed E-state index contributed by atoms with van der Waals surface area (Å²) < 4.78 is 38.8. The largest absolute Gasteiger partial charge is 0.305 e. The molecule has 0 saturated carbocycles. The maximum absolute atomic E-state index is 13.4. The van der Waals surface area contributed by atoms with Gasteiger partial charge in [0.25, 0.3) is 5.91 Å². The highest BCUT2D eigenvalue weighted by Crippen LogP contribution is 2.18. The van der Waals surface area contributed by atoms with E-state index in [2.05, 4.69) is 10.9 Å². The zero-order chi connectivity index (χ0) is 19.6. The molecule has 27 heavy (non-hydrogen) atoms. The monoisotopic (exact) mass is 402 g/mol. The lowest BCUT2D eigenvalue weighted by Gasteiger charge is -2.01. The Balaban J connectivity index is 1.93. The predicted molar refractivity (Wildman–Crippen MR) is 102 cm³/mol. The summed E-state index contributed by atoms with van der Waals surface area (Å²) in [6.07, 6.45) is 6.54. The number of fused-ring (bicyclic) bond motifs is 1. The van der Waals surface area contributed by atoms with Gasteiger partial charge in [0.15, 0.2) is 14.6 Å². The van der Waals surface area contributed by atoms with Crippen molar-refractivity contribution < 1.29 is 17.6 Å². The fourth-order valence-electron chi connectivity index (χ4n) is 2.55. The summed E-state index contributed by atoms with van der Waals surface area (Å²) in [7, 11) is -3.29. The number of thiazole rings is 1. The van der Waals surface area contributed by atoms with Gasteiger partial charge in [-0.05, 0) is 35.9 Å². The van der Waals surface area contributed by atoms with Crippen LogP contribution in [-0.4, -0.2) is 25.1 Å². The molecule has 0 bridgehead atoms. The van der Waals surface area contributed by atoms with E-state index in [0.717, 1.165) is 6.26 Å². The van der Waals surface area contributed by atoms with E-state index in [0.29, 0.717) is 20.6 Å². The van der Waals surface area contributed by atoms with E-state index in [-0.39, 0.29) is 23.7 Å². The van der Waals surface area contributed by atoms with E-state index in [1.807, 2.05) is 0 Å². The minimum absolute atomic E-state index is 0.0166. The summed E-state index contributed by atoms with van der Waals surface area (Å²) in [5.41, 5.74) is 1.36. The van der Waals surface area contributed by atoms with Crippen LogP contribution in [0.1, 0.15) is 5.56 Å². The average molecular weight is 402 g/mol. The van der Waals surface area contributed by atoms with E-state index >= 15 is 0 Å². The third-order valence-electron chi connectivity index (χ3n) is 3.82. The SMILES string of the molecule is C#CCn1c(=NC(=O)Cc2ccc(S(C)(=O)=O)cc2)sc2cc(F)ccc21. The highest BCUT2D eigenvalue weighted by atomic mass is 32.2. The molecule has 8 heteroatoms. The molecule has 1 heterocycles. The van der Waals surface area contributed by atoms with Crippen LogP contribution in [-0.2, 0) is 27.6 Å². The van der Waals surface area contributed by atoms with Crippen LogP contribution < -0.4 is 4.80 Å². The highest BCUT2D eigenvalue weighted by Gasteiger charge is 2.10. The lowest BCUT2D eigenvalue weighted by Crippen LogP contribution is -2.17. The van der Waals surface area contributed by atoms with Crippen molar-refractivity contribution >= 4 is 37.3 Å². The third kappa shape index (κ3) is 4.32. The molecule has 0 aliphatic carbocycles. The van der Waals surface area contributed by atoms with E-state index in [4.69, 9.17) is 6.42 Å². The summed E-state index contributed by atoms with van der Waals surface area (Å²) >= 11 is 1.18. The molecule has 0 fully saturated rings. The Morgan fingerprint density at radius 1 is 1.26 bits per heavy atom. The highest BCUT2D eigenvalue weighted by molar-refractivity contribution is 7.90. The van der Waals surface area contributed by atoms with Gasteiger partial charge in [-0.1, -0.05) is 29.4 Å². The smallest absolute Gasteiger partial charge is 0.252 e. The van der Waals surface area contributed by atoms with Gasteiger partial charge < -0.3 is 4.57 Å². The molecule has 0 aliphatic heterocycles. The van der Waals surface area contributed by atoms with Crippen LogP contribution >= 0.6 is 11.3 Å². The van der Waals surface area contributed by atoms with Crippen LogP contribution in [0.5, 0.6) is 0 Å². The van der Waals surface area contributed by atoms with Gasteiger partial charge in [0.2, 0.25) is 0 Å². The lowest BCUT2D eigenvalue weighted by atomic mass is 10.1. The van der Waals surface area contributed by atoms with Gasteiger partial charge in [0.1, 0.15) is 5.82 Å². The quantitative estimate of drug-likeness (QED) is 0.630. The molecule has 138 valence electrons.